The zero-order valence-electron chi connectivity index (χ0n) is 18.2. The Morgan fingerprint density at radius 3 is 2.39 bits per heavy atom. The molecule has 10 heteroatoms. The molecule has 0 radical (unpaired) electrons. The number of carbonyl (C=O) groups excluding carboxylic acids is 1. The van der Waals surface area contributed by atoms with Crippen molar-refractivity contribution < 1.29 is 22.9 Å². The number of nitro benzene ring substituents is 1. The Morgan fingerprint density at radius 1 is 1.19 bits per heavy atom. The lowest BCUT2D eigenvalue weighted by molar-refractivity contribution is -0.384. The van der Waals surface area contributed by atoms with Crippen molar-refractivity contribution in [3.63, 3.8) is 0 Å². The topological polar surface area (TPSA) is 119 Å². The Morgan fingerprint density at radius 2 is 1.87 bits per heavy atom. The van der Waals surface area contributed by atoms with Gasteiger partial charge in [-0.15, -0.1) is 0 Å². The van der Waals surface area contributed by atoms with Crippen LogP contribution in [0.3, 0.4) is 0 Å². The average Bonchev–Trinajstić information content (AvgIpc) is 2.69. The summed E-state index contributed by atoms with van der Waals surface area (Å²) in [5, 5.41) is 14.0. The Hall–Kier alpha value is -3.14. The zero-order chi connectivity index (χ0) is 23.3. The number of nitrogens with zero attached hydrogens (tertiary/aromatic N) is 2. The molecule has 0 aliphatic carbocycles. The summed E-state index contributed by atoms with van der Waals surface area (Å²) < 4.78 is 31.0. The van der Waals surface area contributed by atoms with Gasteiger partial charge in [0.1, 0.15) is 12.3 Å². The molecule has 0 fully saturated rings. The zero-order valence-corrected chi connectivity index (χ0v) is 19.0. The molecule has 0 saturated heterocycles. The standard InChI is InChI=1S/C21H27N3O6S/c1-6-18(16-8-10-20(30-4)15(3)11-16)22-21(25)13-23(31(5,28)29)19-12-17(24(26)27)9-7-14(19)2/h7-12,18H,6,13H2,1-5H3,(H,22,25)/t18-/m0/s1. The molecule has 2 aromatic carbocycles. The predicted octanol–water partition coefficient (Wildman–Crippen LogP) is 3.25. The first-order chi connectivity index (χ1) is 14.5. The van der Waals surface area contributed by atoms with Crippen LogP contribution in [-0.2, 0) is 14.8 Å². The summed E-state index contributed by atoms with van der Waals surface area (Å²) >= 11 is 0. The molecule has 168 valence electrons. The minimum Gasteiger partial charge on any atom is -0.496 e. The van der Waals surface area contributed by atoms with Crippen LogP contribution in [0.1, 0.15) is 36.1 Å². The van der Waals surface area contributed by atoms with Crippen molar-refractivity contribution in [3.05, 3.63) is 63.2 Å². The van der Waals surface area contributed by atoms with Gasteiger partial charge in [0.05, 0.1) is 30.0 Å². The first-order valence-electron chi connectivity index (χ1n) is 9.64. The smallest absolute Gasteiger partial charge is 0.271 e. The van der Waals surface area contributed by atoms with E-state index in [1.807, 2.05) is 32.0 Å². The van der Waals surface area contributed by atoms with Gasteiger partial charge in [0, 0.05) is 12.1 Å². The molecule has 31 heavy (non-hydrogen) atoms. The number of hydrogen-bond donors (Lipinski definition) is 1. The lowest BCUT2D eigenvalue weighted by atomic mass is 10.0. The summed E-state index contributed by atoms with van der Waals surface area (Å²) in [6, 6.07) is 9.15. The van der Waals surface area contributed by atoms with Crippen LogP contribution in [0.5, 0.6) is 5.75 Å². The number of nitro groups is 1. The molecule has 1 atom stereocenters. The van der Waals surface area contributed by atoms with Gasteiger partial charge in [0.15, 0.2) is 0 Å². The Bertz CT molecular complexity index is 1080. The minimum absolute atomic E-state index is 0.0974. The van der Waals surface area contributed by atoms with Gasteiger partial charge >= 0.3 is 0 Å². The fourth-order valence-corrected chi connectivity index (χ4v) is 4.18. The van der Waals surface area contributed by atoms with Crippen LogP contribution in [0.4, 0.5) is 11.4 Å². The molecule has 0 heterocycles. The summed E-state index contributed by atoms with van der Waals surface area (Å²) in [4.78, 5) is 23.3. The van der Waals surface area contributed by atoms with Crippen LogP contribution in [0, 0.1) is 24.0 Å². The predicted molar refractivity (Wildman–Crippen MR) is 119 cm³/mol. The first kappa shape index (κ1) is 24.1. The maximum absolute atomic E-state index is 12.8. The highest BCUT2D eigenvalue weighted by Gasteiger charge is 2.25. The SMILES string of the molecule is CC[C@H](NC(=O)CN(c1cc([N+](=O)[O-])ccc1C)S(C)(=O)=O)c1ccc(OC)c(C)c1. The Kier molecular flexibility index (Phi) is 7.61. The number of hydrogen-bond acceptors (Lipinski definition) is 6. The minimum atomic E-state index is -3.87. The fourth-order valence-electron chi connectivity index (χ4n) is 3.27. The number of nitrogens with one attached hydrogen (secondary N) is 1. The van der Waals surface area contributed by atoms with Gasteiger partial charge in [-0.2, -0.15) is 0 Å². The maximum Gasteiger partial charge on any atom is 0.271 e. The van der Waals surface area contributed by atoms with E-state index in [4.69, 9.17) is 4.74 Å². The van der Waals surface area contributed by atoms with E-state index in [0.717, 1.165) is 33.5 Å². The molecule has 2 aromatic rings. The third-order valence-corrected chi connectivity index (χ3v) is 6.05. The number of anilines is 1. The third kappa shape index (κ3) is 5.94. The monoisotopic (exact) mass is 449 g/mol. The number of methoxy groups -OCH3 is 1. The molecule has 0 aliphatic heterocycles. The van der Waals surface area contributed by atoms with Crippen molar-refractivity contribution in [1.82, 2.24) is 5.32 Å². The quantitative estimate of drug-likeness (QED) is 0.464. The van der Waals surface area contributed by atoms with Crippen molar-refractivity contribution in [2.24, 2.45) is 0 Å². The summed E-state index contributed by atoms with van der Waals surface area (Å²) in [5.74, 6) is 0.214. The molecule has 2 rings (SSSR count). The average molecular weight is 450 g/mol. The number of rotatable bonds is 9. The lowest BCUT2D eigenvalue weighted by Crippen LogP contribution is -2.41. The molecule has 0 aliphatic rings. The van der Waals surface area contributed by atoms with Gasteiger partial charge in [-0.1, -0.05) is 25.1 Å². The van der Waals surface area contributed by atoms with E-state index in [2.05, 4.69) is 5.32 Å². The molecule has 9 nitrogen and oxygen atoms in total. The van der Waals surface area contributed by atoms with E-state index in [1.165, 1.54) is 12.1 Å². The molecule has 1 N–H and O–H groups in total. The van der Waals surface area contributed by atoms with E-state index >= 15 is 0 Å². The Labute approximate surface area is 182 Å². The van der Waals surface area contributed by atoms with Crippen molar-refractivity contribution in [2.75, 3.05) is 24.2 Å². The van der Waals surface area contributed by atoms with E-state index in [9.17, 15) is 23.3 Å². The molecule has 0 unspecified atom stereocenters. The number of sulfonamides is 1. The number of aryl methyl sites for hydroxylation is 2. The molecule has 0 spiro atoms. The second-order valence-corrected chi connectivity index (χ2v) is 9.16. The first-order valence-corrected chi connectivity index (χ1v) is 11.5. The lowest BCUT2D eigenvalue weighted by Gasteiger charge is -2.25. The van der Waals surface area contributed by atoms with E-state index in [1.54, 1.807) is 14.0 Å². The molecule has 0 bridgehead atoms. The summed E-state index contributed by atoms with van der Waals surface area (Å²) in [6.07, 6.45) is 1.55. The fraction of sp³-hybridized carbons (Fsp3) is 0.381. The third-order valence-electron chi connectivity index (χ3n) is 4.92. The second-order valence-electron chi connectivity index (χ2n) is 7.25. The van der Waals surface area contributed by atoms with Crippen LogP contribution in [-0.4, -0.2) is 39.2 Å². The number of non-ortho nitro benzene ring substituents is 1. The van der Waals surface area contributed by atoms with E-state index in [-0.39, 0.29) is 17.4 Å². The van der Waals surface area contributed by atoms with Crippen LogP contribution in [0.25, 0.3) is 0 Å². The van der Waals surface area contributed by atoms with Crippen LogP contribution in [0.15, 0.2) is 36.4 Å². The van der Waals surface area contributed by atoms with Crippen LogP contribution in [0.2, 0.25) is 0 Å². The van der Waals surface area contributed by atoms with Gasteiger partial charge in [0.2, 0.25) is 15.9 Å². The van der Waals surface area contributed by atoms with Crippen LogP contribution >= 0.6 is 0 Å². The summed E-state index contributed by atoms with van der Waals surface area (Å²) in [6.45, 7) is 4.94. The molecular formula is C21H27N3O6S. The van der Waals surface area contributed by atoms with Gasteiger partial charge in [-0.05, 0) is 43.0 Å². The summed E-state index contributed by atoms with van der Waals surface area (Å²) in [7, 11) is -2.29. The van der Waals surface area contributed by atoms with Crippen LogP contribution < -0.4 is 14.4 Å². The van der Waals surface area contributed by atoms with Gasteiger partial charge in [-0.25, -0.2) is 8.42 Å². The van der Waals surface area contributed by atoms with Crippen molar-refractivity contribution in [2.45, 2.75) is 33.2 Å². The highest BCUT2D eigenvalue weighted by molar-refractivity contribution is 7.92. The van der Waals surface area contributed by atoms with Crippen molar-refractivity contribution >= 4 is 27.3 Å². The molecule has 1 amide bonds. The number of benzene rings is 2. The molecule has 0 saturated carbocycles. The molecule has 0 aromatic heterocycles. The highest BCUT2D eigenvalue weighted by Crippen LogP contribution is 2.28. The van der Waals surface area contributed by atoms with Gasteiger partial charge in [0.25, 0.3) is 5.69 Å². The van der Waals surface area contributed by atoms with Crippen molar-refractivity contribution in [1.29, 1.82) is 0 Å². The Balaban J connectivity index is 2.30. The second kappa shape index (κ2) is 9.78. The van der Waals surface area contributed by atoms with Gasteiger partial charge in [-0.3, -0.25) is 19.2 Å². The molecular weight excluding hydrogens is 422 g/mol. The van der Waals surface area contributed by atoms with Crippen molar-refractivity contribution in [3.8, 4) is 5.75 Å². The number of ether oxygens (including phenoxy) is 1. The largest absolute Gasteiger partial charge is 0.496 e. The van der Waals surface area contributed by atoms with Gasteiger partial charge < -0.3 is 10.1 Å². The van der Waals surface area contributed by atoms with E-state index < -0.39 is 27.4 Å². The normalized spacial score (nSPS) is 12.2. The maximum atomic E-state index is 12.8. The number of amides is 1. The highest BCUT2D eigenvalue weighted by atomic mass is 32.2. The summed E-state index contributed by atoms with van der Waals surface area (Å²) in [5.41, 5.74) is 2.13. The number of carbonyl (C=O) groups is 1. The van der Waals surface area contributed by atoms with E-state index in [0.29, 0.717) is 12.0 Å².